The number of nitrogens with two attached hydrogens (primary N) is 1. The topological polar surface area (TPSA) is 35.2 Å². The van der Waals surface area contributed by atoms with E-state index in [0.29, 0.717) is 6.10 Å². The number of benzene rings is 1. The molecule has 0 spiro atoms. The van der Waals surface area contributed by atoms with Crippen molar-refractivity contribution < 1.29 is 4.74 Å². The van der Waals surface area contributed by atoms with Gasteiger partial charge in [-0.1, -0.05) is 23.7 Å². The van der Waals surface area contributed by atoms with Gasteiger partial charge in [0.15, 0.2) is 0 Å². The molecule has 16 heavy (non-hydrogen) atoms. The van der Waals surface area contributed by atoms with Gasteiger partial charge in [-0.2, -0.15) is 0 Å². The fourth-order valence-electron chi connectivity index (χ4n) is 2.17. The minimum atomic E-state index is 0.0890. The molecule has 1 aromatic carbocycles. The summed E-state index contributed by atoms with van der Waals surface area (Å²) in [5, 5.41) is 0.767. The van der Waals surface area contributed by atoms with Crippen LogP contribution in [0.5, 0.6) is 0 Å². The lowest BCUT2D eigenvalue weighted by Crippen LogP contribution is -2.36. The first-order valence-electron chi connectivity index (χ1n) is 5.80. The summed E-state index contributed by atoms with van der Waals surface area (Å²) in [6.07, 6.45) is 3.63. The Morgan fingerprint density at radius 1 is 1.38 bits per heavy atom. The molecule has 0 aromatic heterocycles. The van der Waals surface area contributed by atoms with E-state index >= 15 is 0 Å². The maximum absolute atomic E-state index is 6.15. The number of ether oxygens (including phenoxy) is 1. The molecule has 3 heteroatoms. The largest absolute Gasteiger partial charge is 0.374 e. The van der Waals surface area contributed by atoms with E-state index in [1.54, 1.807) is 0 Å². The molecular formula is C13H18ClNO. The molecule has 2 N–H and O–H groups in total. The molecular weight excluding hydrogens is 222 g/mol. The maximum atomic E-state index is 6.15. The Hall–Kier alpha value is -0.570. The molecule has 1 heterocycles. The first kappa shape index (κ1) is 11.9. The summed E-state index contributed by atoms with van der Waals surface area (Å²) in [5.74, 6) is 0. The summed E-state index contributed by atoms with van der Waals surface area (Å²) in [4.78, 5) is 0. The van der Waals surface area contributed by atoms with Gasteiger partial charge in [-0.3, -0.25) is 0 Å². The maximum Gasteiger partial charge on any atom is 0.0733 e. The monoisotopic (exact) mass is 239 g/mol. The molecule has 2 rings (SSSR count). The molecule has 1 aliphatic heterocycles. The smallest absolute Gasteiger partial charge is 0.0733 e. The van der Waals surface area contributed by atoms with E-state index in [2.05, 4.69) is 6.92 Å². The predicted octanol–water partition coefficient (Wildman–Crippen LogP) is 2.78. The van der Waals surface area contributed by atoms with E-state index in [1.165, 1.54) is 5.56 Å². The molecule has 0 radical (unpaired) electrons. The van der Waals surface area contributed by atoms with Crippen LogP contribution >= 0.6 is 11.6 Å². The highest BCUT2D eigenvalue weighted by Crippen LogP contribution is 2.22. The fourth-order valence-corrected chi connectivity index (χ4v) is 2.30. The molecule has 1 fully saturated rings. The summed E-state index contributed by atoms with van der Waals surface area (Å²) in [6, 6.07) is 7.95. The second-order valence-corrected chi connectivity index (χ2v) is 4.99. The minimum absolute atomic E-state index is 0.0890. The van der Waals surface area contributed by atoms with Crippen LogP contribution in [0.3, 0.4) is 0 Å². The lowest BCUT2D eigenvalue weighted by Gasteiger charge is -2.19. The second kappa shape index (κ2) is 5.17. The zero-order chi connectivity index (χ0) is 11.5. The number of halogens is 1. The average molecular weight is 240 g/mol. The highest BCUT2D eigenvalue weighted by atomic mass is 35.5. The van der Waals surface area contributed by atoms with Crippen molar-refractivity contribution in [1.82, 2.24) is 0 Å². The first-order chi connectivity index (χ1) is 7.65. The van der Waals surface area contributed by atoms with Gasteiger partial charge in [-0.05, 0) is 43.9 Å². The van der Waals surface area contributed by atoms with Crippen molar-refractivity contribution in [3.05, 3.63) is 34.9 Å². The van der Waals surface area contributed by atoms with Crippen LogP contribution in [-0.2, 0) is 11.2 Å². The van der Waals surface area contributed by atoms with E-state index in [4.69, 9.17) is 22.1 Å². The van der Waals surface area contributed by atoms with Gasteiger partial charge < -0.3 is 10.5 Å². The Balaban J connectivity index is 1.91. The third-order valence-electron chi connectivity index (χ3n) is 3.13. The van der Waals surface area contributed by atoms with Crippen molar-refractivity contribution in [2.75, 3.05) is 0 Å². The molecule has 3 atom stereocenters. The lowest BCUT2D eigenvalue weighted by molar-refractivity contribution is 0.0404. The summed E-state index contributed by atoms with van der Waals surface area (Å²) in [7, 11) is 0. The normalized spacial score (nSPS) is 26.9. The van der Waals surface area contributed by atoms with Crippen molar-refractivity contribution in [3.63, 3.8) is 0 Å². The van der Waals surface area contributed by atoms with Crippen LogP contribution in [0.25, 0.3) is 0 Å². The zero-order valence-corrected chi connectivity index (χ0v) is 10.3. The van der Waals surface area contributed by atoms with Crippen LogP contribution < -0.4 is 5.73 Å². The van der Waals surface area contributed by atoms with Gasteiger partial charge in [-0.25, -0.2) is 0 Å². The molecule has 1 aliphatic rings. The Morgan fingerprint density at radius 3 is 2.62 bits per heavy atom. The van der Waals surface area contributed by atoms with Crippen molar-refractivity contribution in [2.45, 2.75) is 44.4 Å². The molecule has 1 saturated heterocycles. The van der Waals surface area contributed by atoms with Crippen LogP contribution in [0.1, 0.15) is 25.3 Å². The lowest BCUT2D eigenvalue weighted by atomic mass is 10.0. The molecule has 0 aliphatic carbocycles. The Bertz CT molecular complexity index is 338. The van der Waals surface area contributed by atoms with Crippen LogP contribution in [0, 0.1) is 0 Å². The molecule has 0 bridgehead atoms. The average Bonchev–Trinajstić information content (AvgIpc) is 2.68. The van der Waals surface area contributed by atoms with Crippen molar-refractivity contribution in [3.8, 4) is 0 Å². The van der Waals surface area contributed by atoms with E-state index in [-0.39, 0.29) is 12.1 Å². The van der Waals surface area contributed by atoms with Crippen LogP contribution in [0.2, 0.25) is 5.02 Å². The Kier molecular flexibility index (Phi) is 3.85. The van der Waals surface area contributed by atoms with Gasteiger partial charge in [0, 0.05) is 11.1 Å². The molecule has 3 unspecified atom stereocenters. The summed E-state index contributed by atoms with van der Waals surface area (Å²) >= 11 is 5.84. The van der Waals surface area contributed by atoms with Crippen LogP contribution in [-0.4, -0.2) is 18.2 Å². The van der Waals surface area contributed by atoms with E-state index in [0.717, 1.165) is 24.3 Å². The molecule has 1 aromatic rings. The summed E-state index contributed by atoms with van der Waals surface area (Å²) in [6.45, 7) is 2.11. The van der Waals surface area contributed by atoms with Crippen molar-refractivity contribution >= 4 is 11.6 Å². The standard InChI is InChI=1S/C13H18ClNO/c1-9-2-7-13(16-9)12(15)8-10-3-5-11(14)6-4-10/h3-6,9,12-13H,2,7-8,15H2,1H3. The van der Waals surface area contributed by atoms with E-state index in [1.807, 2.05) is 24.3 Å². The van der Waals surface area contributed by atoms with Gasteiger partial charge in [0.05, 0.1) is 12.2 Å². The minimum Gasteiger partial charge on any atom is -0.374 e. The van der Waals surface area contributed by atoms with Gasteiger partial charge in [0.2, 0.25) is 0 Å². The van der Waals surface area contributed by atoms with E-state index < -0.39 is 0 Å². The predicted molar refractivity (Wildman–Crippen MR) is 66.7 cm³/mol. The van der Waals surface area contributed by atoms with E-state index in [9.17, 15) is 0 Å². The second-order valence-electron chi connectivity index (χ2n) is 4.56. The van der Waals surface area contributed by atoms with Crippen LogP contribution in [0.4, 0.5) is 0 Å². The van der Waals surface area contributed by atoms with Gasteiger partial charge >= 0.3 is 0 Å². The highest BCUT2D eigenvalue weighted by molar-refractivity contribution is 6.30. The molecule has 88 valence electrons. The quantitative estimate of drug-likeness (QED) is 0.881. The molecule has 0 saturated carbocycles. The van der Waals surface area contributed by atoms with Crippen LogP contribution in [0.15, 0.2) is 24.3 Å². The van der Waals surface area contributed by atoms with Crippen molar-refractivity contribution in [2.24, 2.45) is 5.73 Å². The van der Waals surface area contributed by atoms with Gasteiger partial charge in [-0.15, -0.1) is 0 Å². The Labute approximate surface area is 102 Å². The summed E-state index contributed by atoms with van der Waals surface area (Å²) < 4.78 is 5.77. The molecule has 0 amide bonds. The SMILES string of the molecule is CC1CCC(C(N)Cc2ccc(Cl)cc2)O1. The third kappa shape index (κ3) is 2.97. The van der Waals surface area contributed by atoms with Crippen molar-refractivity contribution in [1.29, 1.82) is 0 Å². The zero-order valence-electron chi connectivity index (χ0n) is 9.53. The van der Waals surface area contributed by atoms with Gasteiger partial charge in [0.1, 0.15) is 0 Å². The third-order valence-corrected chi connectivity index (χ3v) is 3.38. The number of rotatable bonds is 3. The number of hydrogen-bond acceptors (Lipinski definition) is 2. The van der Waals surface area contributed by atoms with Gasteiger partial charge in [0.25, 0.3) is 0 Å². The highest BCUT2D eigenvalue weighted by Gasteiger charge is 2.27. The number of hydrogen-bond donors (Lipinski definition) is 1. The fraction of sp³-hybridized carbons (Fsp3) is 0.538. The summed E-state index contributed by atoms with van der Waals surface area (Å²) in [5.41, 5.74) is 7.38. The first-order valence-corrected chi connectivity index (χ1v) is 6.18. The molecule has 2 nitrogen and oxygen atoms in total. The Morgan fingerprint density at radius 2 is 2.06 bits per heavy atom.